The van der Waals surface area contributed by atoms with Crippen LogP contribution in [-0.4, -0.2) is 81.6 Å². The number of piperazine rings is 1. The maximum absolute atomic E-state index is 14.7. The average Bonchev–Trinajstić information content (AvgIpc) is 2.70. The Bertz CT molecular complexity index is 785. The van der Waals surface area contributed by atoms with Gasteiger partial charge in [-0.1, -0.05) is 6.07 Å². The predicted molar refractivity (Wildman–Crippen MR) is 122 cm³/mol. The molecule has 1 N–H and O–H groups in total. The topological polar surface area (TPSA) is 65.1 Å². The van der Waals surface area contributed by atoms with Gasteiger partial charge in [0.15, 0.2) is 0 Å². The van der Waals surface area contributed by atoms with Crippen molar-refractivity contribution >= 4 is 22.8 Å². The van der Waals surface area contributed by atoms with Gasteiger partial charge in [-0.25, -0.2) is 17.7 Å². The standard InChI is InChI=1S/C22H35FN4O3S/c1-22(2,3)30-21(28)26-9-7-18(8-10-26)24-20-6-5-17(15-19(20)23)16-25-11-13-27(14-12-25)31(4)29/h5-6,15,18,24H,7-14,16H2,1-4H3. The molecule has 1 aromatic carbocycles. The van der Waals surface area contributed by atoms with Crippen LogP contribution in [0, 0.1) is 5.82 Å². The van der Waals surface area contributed by atoms with Crippen molar-refractivity contribution in [2.24, 2.45) is 0 Å². The number of nitrogens with zero attached hydrogens (tertiary/aromatic N) is 3. The molecule has 1 amide bonds. The van der Waals surface area contributed by atoms with E-state index in [-0.39, 0.29) is 18.0 Å². The number of halogens is 1. The summed E-state index contributed by atoms with van der Waals surface area (Å²) in [6.07, 6.45) is 2.93. The molecule has 1 unspecified atom stereocenters. The first-order valence-corrected chi connectivity index (χ1v) is 12.5. The molecule has 2 aliphatic rings. The molecule has 1 atom stereocenters. The molecule has 1 aromatic rings. The van der Waals surface area contributed by atoms with E-state index in [0.29, 0.717) is 25.3 Å². The van der Waals surface area contributed by atoms with E-state index in [9.17, 15) is 13.4 Å². The molecule has 7 nitrogen and oxygen atoms in total. The Morgan fingerprint density at radius 1 is 1.16 bits per heavy atom. The van der Waals surface area contributed by atoms with Crippen molar-refractivity contribution < 1.29 is 18.1 Å². The third-order valence-corrected chi connectivity index (χ3v) is 6.73. The molecule has 0 aromatic heterocycles. The number of benzene rings is 1. The number of hydrogen-bond acceptors (Lipinski definition) is 5. The number of piperidine rings is 1. The Morgan fingerprint density at radius 2 is 1.81 bits per heavy atom. The molecule has 9 heteroatoms. The summed E-state index contributed by atoms with van der Waals surface area (Å²) < 4.78 is 33.6. The van der Waals surface area contributed by atoms with E-state index in [0.717, 1.165) is 44.6 Å². The lowest BCUT2D eigenvalue weighted by atomic mass is 10.0. The number of anilines is 1. The molecular weight excluding hydrogens is 419 g/mol. The number of hydrogen-bond donors (Lipinski definition) is 1. The highest BCUT2D eigenvalue weighted by molar-refractivity contribution is 7.81. The third kappa shape index (κ3) is 7.15. The molecule has 2 saturated heterocycles. The summed E-state index contributed by atoms with van der Waals surface area (Å²) in [5.41, 5.74) is 0.943. The summed E-state index contributed by atoms with van der Waals surface area (Å²) in [7, 11) is -0.924. The van der Waals surface area contributed by atoms with Gasteiger partial charge in [0.25, 0.3) is 0 Å². The van der Waals surface area contributed by atoms with Crippen LogP contribution in [0.1, 0.15) is 39.2 Å². The number of carbonyl (C=O) groups excluding carboxylic acids is 1. The highest BCUT2D eigenvalue weighted by atomic mass is 32.2. The van der Waals surface area contributed by atoms with Crippen molar-refractivity contribution in [3.8, 4) is 0 Å². The van der Waals surface area contributed by atoms with E-state index in [1.165, 1.54) is 0 Å². The summed E-state index contributed by atoms with van der Waals surface area (Å²) >= 11 is 0. The number of likely N-dealkylation sites (tertiary alicyclic amines) is 1. The second-order valence-electron chi connectivity index (χ2n) is 9.33. The summed E-state index contributed by atoms with van der Waals surface area (Å²) in [5.74, 6) is -0.250. The van der Waals surface area contributed by atoms with Gasteiger partial charge in [-0.2, -0.15) is 0 Å². The van der Waals surface area contributed by atoms with Gasteiger partial charge in [-0.05, 0) is 51.3 Å². The maximum Gasteiger partial charge on any atom is 0.410 e. The second-order valence-corrected chi connectivity index (χ2v) is 10.7. The van der Waals surface area contributed by atoms with Crippen molar-refractivity contribution in [3.63, 3.8) is 0 Å². The van der Waals surface area contributed by atoms with Crippen LogP contribution < -0.4 is 5.32 Å². The van der Waals surface area contributed by atoms with E-state index in [1.807, 2.05) is 37.2 Å². The lowest BCUT2D eigenvalue weighted by molar-refractivity contribution is 0.0210. The molecule has 31 heavy (non-hydrogen) atoms. The van der Waals surface area contributed by atoms with Crippen LogP contribution in [0.4, 0.5) is 14.9 Å². The monoisotopic (exact) mass is 454 g/mol. The Hall–Kier alpha value is -1.71. The van der Waals surface area contributed by atoms with E-state index in [2.05, 4.69) is 10.2 Å². The number of nitrogens with one attached hydrogen (secondary N) is 1. The Kier molecular flexibility index (Phi) is 7.93. The molecule has 0 bridgehead atoms. The summed E-state index contributed by atoms with van der Waals surface area (Å²) in [5, 5.41) is 3.30. The van der Waals surface area contributed by atoms with Crippen molar-refractivity contribution in [2.75, 3.05) is 50.8 Å². The molecular formula is C22H35FN4O3S. The van der Waals surface area contributed by atoms with Gasteiger partial charge in [0, 0.05) is 58.1 Å². The lowest BCUT2D eigenvalue weighted by Crippen LogP contribution is -2.46. The fraction of sp³-hybridized carbons (Fsp3) is 0.682. The maximum atomic E-state index is 14.7. The smallest absolute Gasteiger partial charge is 0.410 e. The van der Waals surface area contributed by atoms with Crippen LogP contribution in [-0.2, 0) is 22.3 Å². The van der Waals surface area contributed by atoms with Crippen LogP contribution in [0.15, 0.2) is 18.2 Å². The van der Waals surface area contributed by atoms with Gasteiger partial charge in [0.05, 0.1) is 16.7 Å². The third-order valence-electron chi connectivity index (χ3n) is 5.64. The van der Waals surface area contributed by atoms with Gasteiger partial charge in [0.2, 0.25) is 0 Å². The molecule has 0 saturated carbocycles. The molecule has 2 fully saturated rings. The van der Waals surface area contributed by atoms with Crippen LogP contribution in [0.5, 0.6) is 0 Å². The fourth-order valence-corrected chi connectivity index (χ4v) is 4.61. The van der Waals surface area contributed by atoms with Crippen LogP contribution in [0.3, 0.4) is 0 Å². The van der Waals surface area contributed by atoms with Crippen molar-refractivity contribution in [1.29, 1.82) is 0 Å². The number of amides is 1. The summed E-state index contributed by atoms with van der Waals surface area (Å²) in [6, 6.07) is 5.50. The fourth-order valence-electron chi connectivity index (χ4n) is 3.93. The lowest BCUT2D eigenvalue weighted by Gasteiger charge is -2.34. The van der Waals surface area contributed by atoms with Crippen LogP contribution in [0.2, 0.25) is 0 Å². The van der Waals surface area contributed by atoms with Crippen molar-refractivity contribution in [3.05, 3.63) is 29.6 Å². The van der Waals surface area contributed by atoms with Gasteiger partial charge >= 0.3 is 6.09 Å². The molecule has 2 heterocycles. The minimum Gasteiger partial charge on any atom is -0.444 e. The molecule has 3 rings (SSSR count). The van der Waals surface area contributed by atoms with Gasteiger partial charge < -0.3 is 15.0 Å². The normalized spacial score (nSPS) is 20.5. The first-order valence-electron chi connectivity index (χ1n) is 10.9. The number of ether oxygens (including phenoxy) is 1. The highest BCUT2D eigenvalue weighted by Crippen LogP contribution is 2.22. The highest BCUT2D eigenvalue weighted by Gasteiger charge is 2.27. The van der Waals surface area contributed by atoms with E-state index < -0.39 is 16.6 Å². The van der Waals surface area contributed by atoms with Gasteiger partial charge in [-0.15, -0.1) is 0 Å². The second kappa shape index (κ2) is 10.3. The summed E-state index contributed by atoms with van der Waals surface area (Å²) in [4.78, 5) is 16.2. The summed E-state index contributed by atoms with van der Waals surface area (Å²) in [6.45, 7) is 10.7. The van der Waals surface area contributed by atoms with Crippen LogP contribution >= 0.6 is 0 Å². The van der Waals surface area contributed by atoms with Crippen molar-refractivity contribution in [2.45, 2.75) is 51.8 Å². The number of carbonyl (C=O) groups is 1. The SMILES string of the molecule is CS(=O)N1CCN(Cc2ccc(NC3CCN(C(=O)OC(C)(C)C)CC3)c(F)c2)CC1. The zero-order chi connectivity index (χ0) is 22.6. The van der Waals surface area contributed by atoms with E-state index in [4.69, 9.17) is 4.74 Å². The molecule has 2 aliphatic heterocycles. The molecule has 174 valence electrons. The first kappa shape index (κ1) is 23.9. The molecule has 0 radical (unpaired) electrons. The molecule has 0 spiro atoms. The Balaban J connectivity index is 1.47. The van der Waals surface area contributed by atoms with Crippen molar-refractivity contribution in [1.82, 2.24) is 14.1 Å². The minimum atomic E-state index is -0.924. The first-order chi connectivity index (χ1) is 14.6. The van der Waals surface area contributed by atoms with Gasteiger partial charge in [0.1, 0.15) is 11.4 Å². The predicted octanol–water partition coefficient (Wildman–Crippen LogP) is 3.05. The quantitative estimate of drug-likeness (QED) is 0.741. The average molecular weight is 455 g/mol. The Labute approximate surface area is 187 Å². The van der Waals surface area contributed by atoms with E-state index >= 15 is 0 Å². The number of rotatable bonds is 5. The zero-order valence-corrected chi connectivity index (χ0v) is 19.8. The zero-order valence-electron chi connectivity index (χ0n) is 19.0. The van der Waals surface area contributed by atoms with E-state index in [1.54, 1.807) is 17.2 Å². The Morgan fingerprint density at radius 3 is 2.35 bits per heavy atom. The van der Waals surface area contributed by atoms with Crippen LogP contribution in [0.25, 0.3) is 0 Å². The minimum absolute atomic E-state index is 0.127. The van der Waals surface area contributed by atoms with Gasteiger partial charge in [-0.3, -0.25) is 4.90 Å². The molecule has 0 aliphatic carbocycles. The largest absolute Gasteiger partial charge is 0.444 e.